The number of carbonyl (C=O) groups is 1. The van der Waals surface area contributed by atoms with Crippen molar-refractivity contribution in [3.8, 4) is 0 Å². The summed E-state index contributed by atoms with van der Waals surface area (Å²) < 4.78 is 0. The molecule has 1 aromatic carbocycles. The van der Waals surface area contributed by atoms with E-state index in [9.17, 15) is 4.79 Å². The largest absolute Gasteiger partial charge is 0.299 e. The van der Waals surface area contributed by atoms with Crippen molar-refractivity contribution in [2.45, 2.75) is 31.2 Å². The van der Waals surface area contributed by atoms with E-state index >= 15 is 0 Å². The summed E-state index contributed by atoms with van der Waals surface area (Å²) in [5, 5.41) is 0. The SMILES string of the molecule is NNC(=O)C(CN1CC2CCC1C2)c1ccccc1. The van der Waals surface area contributed by atoms with Crippen LogP contribution in [0.15, 0.2) is 30.3 Å². The molecule has 0 spiro atoms. The fraction of sp³-hybridized carbons (Fsp3) is 0.533. The van der Waals surface area contributed by atoms with Crippen LogP contribution in [-0.4, -0.2) is 29.9 Å². The number of nitrogens with two attached hydrogens (primary N) is 1. The molecule has 0 aromatic heterocycles. The first-order valence-electron chi connectivity index (χ1n) is 7.07. The standard InChI is InChI=1S/C15H21N3O/c16-17-15(19)14(12-4-2-1-3-5-12)10-18-9-11-6-7-13(18)8-11/h1-5,11,13-14H,6-10,16H2,(H,17,19). The highest BCUT2D eigenvalue weighted by molar-refractivity contribution is 5.83. The average molecular weight is 259 g/mol. The van der Waals surface area contributed by atoms with Crippen molar-refractivity contribution in [3.05, 3.63) is 35.9 Å². The second-order valence-corrected chi connectivity index (χ2v) is 5.76. The van der Waals surface area contributed by atoms with Crippen molar-refractivity contribution >= 4 is 5.91 Å². The third-order valence-corrected chi connectivity index (χ3v) is 4.60. The number of benzene rings is 1. The lowest BCUT2D eigenvalue weighted by molar-refractivity contribution is -0.123. The second kappa shape index (κ2) is 5.31. The highest BCUT2D eigenvalue weighted by Gasteiger charge is 2.39. The molecule has 3 N–H and O–H groups in total. The number of carbonyl (C=O) groups excluding carboxylic acids is 1. The Morgan fingerprint density at radius 3 is 2.74 bits per heavy atom. The molecule has 1 aliphatic carbocycles. The number of amides is 1. The maximum absolute atomic E-state index is 12.0. The van der Waals surface area contributed by atoms with E-state index in [4.69, 9.17) is 5.84 Å². The van der Waals surface area contributed by atoms with Crippen LogP contribution in [0, 0.1) is 5.92 Å². The first-order chi connectivity index (χ1) is 9.28. The zero-order valence-electron chi connectivity index (χ0n) is 11.1. The Labute approximate surface area is 113 Å². The summed E-state index contributed by atoms with van der Waals surface area (Å²) in [4.78, 5) is 14.5. The summed E-state index contributed by atoms with van der Waals surface area (Å²) in [6.45, 7) is 1.93. The van der Waals surface area contributed by atoms with Crippen LogP contribution in [0.3, 0.4) is 0 Å². The molecule has 4 nitrogen and oxygen atoms in total. The van der Waals surface area contributed by atoms with Gasteiger partial charge in [0.1, 0.15) is 0 Å². The number of piperidine rings is 1. The molecule has 0 radical (unpaired) electrons. The topological polar surface area (TPSA) is 58.4 Å². The Hall–Kier alpha value is -1.39. The molecular formula is C15H21N3O. The van der Waals surface area contributed by atoms with E-state index in [0.29, 0.717) is 6.04 Å². The van der Waals surface area contributed by atoms with Crippen molar-refractivity contribution in [2.75, 3.05) is 13.1 Å². The minimum Gasteiger partial charge on any atom is -0.299 e. The Bertz CT molecular complexity index is 448. The van der Waals surface area contributed by atoms with Crippen LogP contribution in [0.4, 0.5) is 0 Å². The van der Waals surface area contributed by atoms with E-state index in [1.54, 1.807) is 0 Å². The van der Waals surface area contributed by atoms with Crippen LogP contribution in [-0.2, 0) is 4.79 Å². The maximum atomic E-state index is 12.0. The van der Waals surface area contributed by atoms with Gasteiger partial charge in [0.25, 0.3) is 0 Å². The minimum atomic E-state index is -0.162. The van der Waals surface area contributed by atoms with E-state index in [0.717, 1.165) is 24.6 Å². The quantitative estimate of drug-likeness (QED) is 0.486. The lowest BCUT2D eigenvalue weighted by atomic mass is 9.96. The molecule has 3 rings (SSSR count). The van der Waals surface area contributed by atoms with Gasteiger partial charge in [-0.05, 0) is 30.7 Å². The van der Waals surface area contributed by atoms with Gasteiger partial charge in [0.15, 0.2) is 0 Å². The van der Waals surface area contributed by atoms with E-state index in [2.05, 4.69) is 10.3 Å². The summed E-state index contributed by atoms with van der Waals surface area (Å²) in [5.74, 6) is 5.94. The van der Waals surface area contributed by atoms with Crippen LogP contribution in [0.25, 0.3) is 0 Å². The maximum Gasteiger partial charge on any atom is 0.242 e. The predicted octanol–water partition coefficient (Wildman–Crippen LogP) is 1.24. The first-order valence-corrected chi connectivity index (χ1v) is 7.07. The smallest absolute Gasteiger partial charge is 0.242 e. The molecule has 1 aliphatic heterocycles. The van der Waals surface area contributed by atoms with E-state index in [1.807, 2.05) is 30.3 Å². The Kier molecular flexibility index (Phi) is 3.53. The second-order valence-electron chi connectivity index (χ2n) is 5.76. The summed E-state index contributed by atoms with van der Waals surface area (Å²) in [7, 11) is 0. The van der Waals surface area contributed by atoms with E-state index in [-0.39, 0.29) is 11.8 Å². The Balaban J connectivity index is 1.75. The third kappa shape index (κ3) is 2.51. The molecule has 1 heterocycles. The number of fused-ring (bicyclic) bond motifs is 2. The molecule has 3 unspecified atom stereocenters. The van der Waals surface area contributed by atoms with Gasteiger partial charge in [-0.2, -0.15) is 0 Å². The summed E-state index contributed by atoms with van der Waals surface area (Å²) in [6, 6.07) is 10.6. The molecule has 1 saturated carbocycles. The molecule has 3 atom stereocenters. The van der Waals surface area contributed by atoms with Crippen LogP contribution in [0.5, 0.6) is 0 Å². The van der Waals surface area contributed by atoms with Crippen molar-refractivity contribution in [1.29, 1.82) is 0 Å². The van der Waals surface area contributed by atoms with E-state index < -0.39 is 0 Å². The molecule has 1 aromatic rings. The monoisotopic (exact) mass is 259 g/mol. The molecule has 4 heteroatoms. The van der Waals surface area contributed by atoms with E-state index in [1.165, 1.54) is 19.3 Å². The van der Waals surface area contributed by atoms with Gasteiger partial charge in [-0.1, -0.05) is 30.3 Å². The average Bonchev–Trinajstić information content (AvgIpc) is 3.07. The van der Waals surface area contributed by atoms with Gasteiger partial charge in [-0.3, -0.25) is 15.1 Å². The fourth-order valence-corrected chi connectivity index (χ4v) is 3.61. The van der Waals surface area contributed by atoms with Crippen LogP contribution >= 0.6 is 0 Å². The zero-order valence-corrected chi connectivity index (χ0v) is 11.1. The Morgan fingerprint density at radius 2 is 2.16 bits per heavy atom. The molecule has 19 heavy (non-hydrogen) atoms. The minimum absolute atomic E-state index is 0.0889. The molecule has 2 aliphatic rings. The Morgan fingerprint density at radius 1 is 1.37 bits per heavy atom. The number of hydrogen-bond donors (Lipinski definition) is 2. The van der Waals surface area contributed by atoms with Crippen LogP contribution < -0.4 is 11.3 Å². The highest BCUT2D eigenvalue weighted by Crippen LogP contribution is 2.38. The molecule has 1 saturated heterocycles. The summed E-state index contributed by atoms with van der Waals surface area (Å²) in [6.07, 6.45) is 3.96. The number of likely N-dealkylation sites (tertiary alicyclic amines) is 1. The predicted molar refractivity (Wildman–Crippen MR) is 74.2 cm³/mol. The normalized spacial score (nSPS) is 27.4. The van der Waals surface area contributed by atoms with Gasteiger partial charge in [-0.15, -0.1) is 0 Å². The van der Waals surface area contributed by atoms with Crippen molar-refractivity contribution in [2.24, 2.45) is 11.8 Å². The summed E-state index contributed by atoms with van der Waals surface area (Å²) in [5.41, 5.74) is 3.37. The number of hydrazine groups is 1. The number of rotatable bonds is 4. The molecular weight excluding hydrogens is 238 g/mol. The van der Waals surface area contributed by atoms with Crippen molar-refractivity contribution < 1.29 is 4.79 Å². The van der Waals surface area contributed by atoms with Crippen LogP contribution in [0.2, 0.25) is 0 Å². The molecule has 2 bridgehead atoms. The van der Waals surface area contributed by atoms with Crippen molar-refractivity contribution in [1.82, 2.24) is 10.3 Å². The lowest BCUT2D eigenvalue weighted by Gasteiger charge is -2.30. The third-order valence-electron chi connectivity index (χ3n) is 4.60. The van der Waals surface area contributed by atoms with Gasteiger partial charge < -0.3 is 0 Å². The first kappa shape index (κ1) is 12.6. The molecule has 102 valence electrons. The molecule has 1 amide bonds. The highest BCUT2D eigenvalue weighted by atomic mass is 16.2. The fourth-order valence-electron chi connectivity index (χ4n) is 3.61. The number of hydrogen-bond acceptors (Lipinski definition) is 3. The van der Waals surface area contributed by atoms with Gasteiger partial charge in [-0.25, -0.2) is 5.84 Å². The number of nitrogens with one attached hydrogen (secondary N) is 1. The van der Waals surface area contributed by atoms with Gasteiger partial charge in [0, 0.05) is 19.1 Å². The molecule has 2 fully saturated rings. The zero-order chi connectivity index (χ0) is 13.2. The van der Waals surface area contributed by atoms with Crippen LogP contribution in [0.1, 0.15) is 30.7 Å². The van der Waals surface area contributed by atoms with Gasteiger partial charge in [0.05, 0.1) is 5.92 Å². The summed E-state index contributed by atoms with van der Waals surface area (Å²) >= 11 is 0. The van der Waals surface area contributed by atoms with Crippen molar-refractivity contribution in [3.63, 3.8) is 0 Å². The number of nitrogens with zero attached hydrogens (tertiary/aromatic N) is 1. The van der Waals surface area contributed by atoms with Gasteiger partial charge >= 0.3 is 0 Å². The lowest BCUT2D eigenvalue weighted by Crippen LogP contribution is -2.42. The van der Waals surface area contributed by atoms with Gasteiger partial charge in [0.2, 0.25) is 5.91 Å².